The minimum Gasteiger partial charge on any atom is -0.497 e. The summed E-state index contributed by atoms with van der Waals surface area (Å²) in [6.45, 7) is 2.01. The number of nitrogens with two attached hydrogens (primary N) is 1. The highest BCUT2D eigenvalue weighted by Gasteiger charge is 2.04. The number of nitrogen functional groups attached to an aromatic ring is 1. The summed E-state index contributed by atoms with van der Waals surface area (Å²) in [5, 5.41) is 0. The number of methoxy groups -OCH3 is 1. The fourth-order valence-electron chi connectivity index (χ4n) is 1.61. The van der Waals surface area contributed by atoms with Crippen molar-refractivity contribution in [2.75, 3.05) is 12.8 Å². The quantitative estimate of drug-likeness (QED) is 0.782. The van der Waals surface area contributed by atoms with Gasteiger partial charge in [0.2, 0.25) is 0 Å². The van der Waals surface area contributed by atoms with Gasteiger partial charge < -0.3 is 10.5 Å². The summed E-state index contributed by atoms with van der Waals surface area (Å²) >= 11 is 0. The second-order valence-electron chi connectivity index (χ2n) is 3.70. The summed E-state index contributed by atoms with van der Waals surface area (Å²) in [5.41, 5.74) is 9.75. The fraction of sp³-hybridized carbons (Fsp3) is 0.154. The predicted molar refractivity (Wildman–Crippen MR) is 65.4 cm³/mol. The lowest BCUT2D eigenvalue weighted by Crippen LogP contribution is -1.92. The topological polar surface area (TPSA) is 48.1 Å². The molecule has 1 aromatic carbocycles. The van der Waals surface area contributed by atoms with Crippen LogP contribution in [0.3, 0.4) is 0 Å². The Hall–Kier alpha value is -2.03. The second-order valence-corrected chi connectivity index (χ2v) is 3.70. The third-order valence-corrected chi connectivity index (χ3v) is 2.45. The first-order valence-corrected chi connectivity index (χ1v) is 5.06. The van der Waals surface area contributed by atoms with Gasteiger partial charge in [0, 0.05) is 29.2 Å². The van der Waals surface area contributed by atoms with Crippen molar-refractivity contribution >= 4 is 5.69 Å². The molecule has 0 atom stereocenters. The Balaban J connectivity index is 2.54. The molecular weight excluding hydrogens is 200 g/mol. The standard InChI is InChI=1S/C13H14N2O/c1-9-5-10(8-15-7-9)12-6-11(16-2)3-4-13(12)14/h3-8H,14H2,1-2H3. The lowest BCUT2D eigenvalue weighted by molar-refractivity contribution is 0.415. The Kier molecular flexibility index (Phi) is 2.77. The van der Waals surface area contributed by atoms with Crippen LogP contribution in [-0.2, 0) is 0 Å². The molecule has 1 aromatic heterocycles. The van der Waals surface area contributed by atoms with Crippen LogP contribution in [0.5, 0.6) is 5.75 Å². The van der Waals surface area contributed by atoms with Crippen molar-refractivity contribution in [3.8, 4) is 16.9 Å². The van der Waals surface area contributed by atoms with E-state index in [1.54, 1.807) is 13.3 Å². The summed E-state index contributed by atoms with van der Waals surface area (Å²) in [6, 6.07) is 7.67. The van der Waals surface area contributed by atoms with Crippen LogP contribution in [-0.4, -0.2) is 12.1 Å². The number of aryl methyl sites for hydroxylation is 1. The summed E-state index contributed by atoms with van der Waals surface area (Å²) in [4.78, 5) is 4.16. The van der Waals surface area contributed by atoms with Crippen molar-refractivity contribution in [2.45, 2.75) is 6.92 Å². The summed E-state index contributed by atoms with van der Waals surface area (Å²) < 4.78 is 5.19. The Morgan fingerprint density at radius 1 is 1.19 bits per heavy atom. The van der Waals surface area contributed by atoms with Crippen LogP contribution in [0.2, 0.25) is 0 Å². The molecule has 0 spiro atoms. The molecule has 0 fully saturated rings. The lowest BCUT2D eigenvalue weighted by atomic mass is 10.0. The van der Waals surface area contributed by atoms with Crippen LogP contribution in [0, 0.1) is 6.92 Å². The van der Waals surface area contributed by atoms with E-state index in [-0.39, 0.29) is 0 Å². The average molecular weight is 214 g/mol. The van der Waals surface area contributed by atoms with Crippen molar-refractivity contribution < 1.29 is 4.74 Å². The van der Waals surface area contributed by atoms with Crippen molar-refractivity contribution in [1.29, 1.82) is 0 Å². The molecule has 0 radical (unpaired) electrons. The van der Waals surface area contributed by atoms with Gasteiger partial charge in [-0.2, -0.15) is 0 Å². The molecule has 0 aliphatic rings. The zero-order valence-corrected chi connectivity index (χ0v) is 9.40. The van der Waals surface area contributed by atoms with Gasteiger partial charge in [-0.3, -0.25) is 4.98 Å². The minimum absolute atomic E-state index is 0.730. The molecule has 0 aliphatic heterocycles. The summed E-state index contributed by atoms with van der Waals surface area (Å²) in [6.07, 6.45) is 3.62. The van der Waals surface area contributed by atoms with Crippen LogP contribution in [0.1, 0.15) is 5.56 Å². The zero-order valence-electron chi connectivity index (χ0n) is 9.40. The Morgan fingerprint density at radius 3 is 2.69 bits per heavy atom. The molecule has 0 aliphatic carbocycles. The third kappa shape index (κ3) is 1.98. The smallest absolute Gasteiger partial charge is 0.119 e. The highest BCUT2D eigenvalue weighted by Crippen LogP contribution is 2.29. The number of rotatable bonds is 2. The van der Waals surface area contributed by atoms with E-state index in [1.807, 2.05) is 31.3 Å². The van der Waals surface area contributed by atoms with Gasteiger partial charge in [0.1, 0.15) is 5.75 Å². The number of aromatic nitrogens is 1. The van der Waals surface area contributed by atoms with E-state index in [2.05, 4.69) is 11.1 Å². The van der Waals surface area contributed by atoms with Crippen LogP contribution in [0.4, 0.5) is 5.69 Å². The van der Waals surface area contributed by atoms with Crippen molar-refractivity contribution in [3.05, 3.63) is 42.2 Å². The van der Waals surface area contributed by atoms with Gasteiger partial charge >= 0.3 is 0 Å². The minimum atomic E-state index is 0.730. The van der Waals surface area contributed by atoms with E-state index in [9.17, 15) is 0 Å². The fourth-order valence-corrected chi connectivity index (χ4v) is 1.61. The molecule has 0 unspecified atom stereocenters. The molecule has 2 N–H and O–H groups in total. The monoisotopic (exact) mass is 214 g/mol. The summed E-state index contributed by atoms with van der Waals surface area (Å²) in [7, 11) is 1.64. The van der Waals surface area contributed by atoms with E-state index in [4.69, 9.17) is 10.5 Å². The lowest BCUT2D eigenvalue weighted by Gasteiger charge is -2.08. The molecule has 0 saturated heterocycles. The zero-order chi connectivity index (χ0) is 11.5. The largest absolute Gasteiger partial charge is 0.497 e. The molecule has 2 aromatic rings. The second kappa shape index (κ2) is 4.23. The molecule has 16 heavy (non-hydrogen) atoms. The highest BCUT2D eigenvalue weighted by atomic mass is 16.5. The molecule has 0 amide bonds. The van der Waals surface area contributed by atoms with Crippen LogP contribution in [0.25, 0.3) is 11.1 Å². The third-order valence-electron chi connectivity index (χ3n) is 2.45. The average Bonchev–Trinajstić information content (AvgIpc) is 2.30. The van der Waals surface area contributed by atoms with Crippen LogP contribution < -0.4 is 10.5 Å². The van der Waals surface area contributed by atoms with Gasteiger partial charge in [0.25, 0.3) is 0 Å². The van der Waals surface area contributed by atoms with Crippen molar-refractivity contribution in [3.63, 3.8) is 0 Å². The van der Waals surface area contributed by atoms with E-state index in [1.165, 1.54) is 0 Å². The normalized spacial score (nSPS) is 10.1. The van der Waals surface area contributed by atoms with Gasteiger partial charge in [0.05, 0.1) is 7.11 Å². The molecule has 82 valence electrons. The molecular formula is C13H14N2O. The molecule has 3 heteroatoms. The molecule has 0 saturated carbocycles. The Morgan fingerprint density at radius 2 is 2.00 bits per heavy atom. The number of hydrogen-bond acceptors (Lipinski definition) is 3. The van der Waals surface area contributed by atoms with Gasteiger partial charge in [-0.05, 0) is 36.8 Å². The van der Waals surface area contributed by atoms with Gasteiger partial charge in [-0.1, -0.05) is 0 Å². The number of hydrogen-bond donors (Lipinski definition) is 1. The van der Waals surface area contributed by atoms with E-state index >= 15 is 0 Å². The van der Waals surface area contributed by atoms with E-state index < -0.39 is 0 Å². The van der Waals surface area contributed by atoms with Gasteiger partial charge in [0.15, 0.2) is 0 Å². The molecule has 0 bridgehead atoms. The van der Waals surface area contributed by atoms with Crippen molar-refractivity contribution in [2.24, 2.45) is 0 Å². The molecule has 2 rings (SSSR count). The number of pyridine rings is 1. The number of ether oxygens (including phenoxy) is 1. The number of anilines is 1. The van der Waals surface area contributed by atoms with Crippen molar-refractivity contribution in [1.82, 2.24) is 4.98 Å². The summed E-state index contributed by atoms with van der Waals surface area (Å²) in [5.74, 6) is 0.797. The maximum absolute atomic E-state index is 5.94. The Bertz CT molecular complexity index is 509. The predicted octanol–water partition coefficient (Wildman–Crippen LogP) is 2.65. The Labute approximate surface area is 94.9 Å². The van der Waals surface area contributed by atoms with Crippen LogP contribution in [0.15, 0.2) is 36.7 Å². The SMILES string of the molecule is COc1ccc(N)c(-c2cncc(C)c2)c1. The van der Waals surface area contributed by atoms with E-state index in [0.717, 1.165) is 28.1 Å². The maximum atomic E-state index is 5.94. The first kappa shape index (κ1) is 10.5. The first-order valence-electron chi connectivity index (χ1n) is 5.06. The van der Waals surface area contributed by atoms with Crippen LogP contribution >= 0.6 is 0 Å². The number of benzene rings is 1. The first-order chi connectivity index (χ1) is 7.70. The van der Waals surface area contributed by atoms with Gasteiger partial charge in [-0.25, -0.2) is 0 Å². The maximum Gasteiger partial charge on any atom is 0.119 e. The molecule has 3 nitrogen and oxygen atoms in total. The van der Waals surface area contributed by atoms with Gasteiger partial charge in [-0.15, -0.1) is 0 Å². The van der Waals surface area contributed by atoms with E-state index in [0.29, 0.717) is 0 Å². The highest BCUT2D eigenvalue weighted by molar-refractivity contribution is 5.77. The molecule has 1 heterocycles. The number of nitrogens with zero attached hydrogens (tertiary/aromatic N) is 1.